The molecule has 0 bridgehead atoms. The first kappa shape index (κ1) is 15.4. The van der Waals surface area contributed by atoms with Gasteiger partial charge in [0.2, 0.25) is 11.2 Å². The Morgan fingerprint density at radius 3 is 2.42 bits per heavy atom. The van der Waals surface area contributed by atoms with Crippen LogP contribution in [0.2, 0.25) is 0 Å². The van der Waals surface area contributed by atoms with Gasteiger partial charge in [-0.05, 0) is 49.2 Å². The standard InChI is InChI=1S/C18H13NO5/c1-8-5-11-15(22)16(23)17(10-3-4-13(20)14(21)6-10)24-18(11)12(7-19)9(8)2/h3-6,20-21,23H,1-2H3. The van der Waals surface area contributed by atoms with E-state index in [2.05, 4.69) is 0 Å². The number of fused-ring (bicyclic) bond motifs is 1. The quantitative estimate of drug-likeness (QED) is 0.593. The van der Waals surface area contributed by atoms with E-state index < -0.39 is 16.9 Å². The molecule has 1 heterocycles. The van der Waals surface area contributed by atoms with Crippen LogP contribution in [0.25, 0.3) is 22.3 Å². The van der Waals surface area contributed by atoms with Crippen molar-refractivity contribution in [2.24, 2.45) is 0 Å². The maximum absolute atomic E-state index is 12.5. The zero-order valence-electron chi connectivity index (χ0n) is 12.9. The molecule has 0 saturated carbocycles. The molecule has 0 atom stereocenters. The predicted molar refractivity (Wildman–Crippen MR) is 87.1 cm³/mol. The lowest BCUT2D eigenvalue weighted by molar-refractivity contribution is 0.403. The van der Waals surface area contributed by atoms with E-state index in [0.29, 0.717) is 5.56 Å². The van der Waals surface area contributed by atoms with Gasteiger partial charge in [-0.25, -0.2) is 0 Å². The first-order valence-corrected chi connectivity index (χ1v) is 7.07. The molecular formula is C18H13NO5. The van der Waals surface area contributed by atoms with Gasteiger partial charge in [-0.3, -0.25) is 4.79 Å². The minimum absolute atomic E-state index is 0.0750. The smallest absolute Gasteiger partial charge is 0.235 e. The topological polar surface area (TPSA) is 115 Å². The largest absolute Gasteiger partial charge is 0.504 e. The summed E-state index contributed by atoms with van der Waals surface area (Å²) in [5.41, 5.74) is 1.23. The van der Waals surface area contributed by atoms with Gasteiger partial charge in [-0.15, -0.1) is 0 Å². The second kappa shape index (κ2) is 5.32. The monoisotopic (exact) mass is 323 g/mol. The third-order valence-corrected chi connectivity index (χ3v) is 4.03. The highest BCUT2D eigenvalue weighted by molar-refractivity contribution is 5.88. The van der Waals surface area contributed by atoms with Crippen LogP contribution in [0, 0.1) is 25.2 Å². The van der Waals surface area contributed by atoms with E-state index in [4.69, 9.17) is 4.42 Å². The molecule has 1 aromatic heterocycles. The molecule has 3 N–H and O–H groups in total. The Kier molecular flexibility index (Phi) is 3.42. The highest BCUT2D eigenvalue weighted by Crippen LogP contribution is 2.36. The Morgan fingerprint density at radius 2 is 1.79 bits per heavy atom. The summed E-state index contributed by atoms with van der Waals surface area (Å²) in [5, 5.41) is 38.7. The Morgan fingerprint density at radius 1 is 1.08 bits per heavy atom. The Labute approximate surface area is 136 Å². The second-order valence-corrected chi connectivity index (χ2v) is 5.49. The average molecular weight is 323 g/mol. The van der Waals surface area contributed by atoms with Crippen molar-refractivity contribution in [1.29, 1.82) is 5.26 Å². The maximum Gasteiger partial charge on any atom is 0.235 e. The molecule has 0 spiro atoms. The molecule has 0 saturated heterocycles. The first-order valence-electron chi connectivity index (χ1n) is 7.07. The highest BCUT2D eigenvalue weighted by Gasteiger charge is 2.20. The van der Waals surface area contributed by atoms with Crippen LogP contribution in [-0.2, 0) is 0 Å². The van der Waals surface area contributed by atoms with Gasteiger partial charge < -0.3 is 19.7 Å². The minimum Gasteiger partial charge on any atom is -0.504 e. The number of aryl methyl sites for hydroxylation is 1. The Bertz CT molecular complexity index is 1090. The van der Waals surface area contributed by atoms with Crippen LogP contribution in [0.3, 0.4) is 0 Å². The molecule has 0 amide bonds. The Balaban J connectivity index is 2.45. The number of nitriles is 1. The molecular weight excluding hydrogens is 310 g/mol. The fraction of sp³-hybridized carbons (Fsp3) is 0.111. The van der Waals surface area contributed by atoms with E-state index in [9.17, 15) is 25.4 Å². The molecule has 0 aliphatic heterocycles. The summed E-state index contributed by atoms with van der Waals surface area (Å²) < 4.78 is 5.65. The number of rotatable bonds is 1. The third kappa shape index (κ3) is 2.15. The number of hydrogen-bond donors (Lipinski definition) is 3. The van der Waals surface area contributed by atoms with E-state index in [1.54, 1.807) is 19.9 Å². The van der Waals surface area contributed by atoms with Crippen LogP contribution in [0.4, 0.5) is 0 Å². The lowest BCUT2D eigenvalue weighted by Crippen LogP contribution is -2.05. The van der Waals surface area contributed by atoms with Crippen LogP contribution in [0.15, 0.2) is 33.5 Å². The first-order chi connectivity index (χ1) is 11.3. The summed E-state index contributed by atoms with van der Waals surface area (Å²) in [6, 6.07) is 7.33. The van der Waals surface area contributed by atoms with E-state index in [1.165, 1.54) is 12.1 Å². The molecule has 0 radical (unpaired) electrons. The fourth-order valence-corrected chi connectivity index (χ4v) is 2.54. The molecule has 0 fully saturated rings. The van der Waals surface area contributed by atoms with E-state index in [-0.39, 0.29) is 33.6 Å². The van der Waals surface area contributed by atoms with Gasteiger partial charge in [0.15, 0.2) is 22.8 Å². The normalized spacial score (nSPS) is 10.7. The van der Waals surface area contributed by atoms with Crippen molar-refractivity contribution in [3.8, 4) is 34.6 Å². The molecule has 120 valence electrons. The van der Waals surface area contributed by atoms with Crippen molar-refractivity contribution in [1.82, 2.24) is 0 Å². The lowest BCUT2D eigenvalue weighted by Gasteiger charge is -2.10. The number of phenols is 2. The van der Waals surface area contributed by atoms with Crippen LogP contribution < -0.4 is 5.43 Å². The van der Waals surface area contributed by atoms with Crippen molar-refractivity contribution in [3.63, 3.8) is 0 Å². The second-order valence-electron chi connectivity index (χ2n) is 5.49. The maximum atomic E-state index is 12.5. The molecule has 2 aromatic carbocycles. The summed E-state index contributed by atoms with van der Waals surface area (Å²) in [5.74, 6) is -1.57. The Hall–Kier alpha value is -3.46. The number of benzene rings is 2. The molecule has 6 nitrogen and oxygen atoms in total. The average Bonchev–Trinajstić information content (AvgIpc) is 2.56. The van der Waals surface area contributed by atoms with Crippen LogP contribution in [0.1, 0.15) is 16.7 Å². The van der Waals surface area contributed by atoms with Crippen molar-refractivity contribution in [3.05, 3.63) is 51.2 Å². The summed E-state index contributed by atoms with van der Waals surface area (Å²) >= 11 is 0. The van der Waals surface area contributed by atoms with Crippen molar-refractivity contribution in [2.75, 3.05) is 0 Å². The van der Waals surface area contributed by atoms with Gasteiger partial charge in [0, 0.05) is 5.56 Å². The zero-order chi connectivity index (χ0) is 17.6. The van der Waals surface area contributed by atoms with Crippen LogP contribution >= 0.6 is 0 Å². The fourth-order valence-electron chi connectivity index (χ4n) is 2.54. The van der Waals surface area contributed by atoms with Crippen molar-refractivity contribution < 1.29 is 19.7 Å². The summed E-state index contributed by atoms with van der Waals surface area (Å²) in [6.45, 7) is 3.50. The molecule has 3 aromatic rings. The number of phenolic OH excluding ortho intramolecular Hbond substituents is 2. The highest BCUT2D eigenvalue weighted by atomic mass is 16.4. The zero-order valence-corrected chi connectivity index (χ0v) is 12.9. The van der Waals surface area contributed by atoms with Gasteiger partial charge in [0.05, 0.1) is 10.9 Å². The molecule has 24 heavy (non-hydrogen) atoms. The minimum atomic E-state index is -0.668. The van der Waals surface area contributed by atoms with E-state index in [1.807, 2.05) is 6.07 Å². The SMILES string of the molecule is Cc1cc2c(=O)c(O)c(-c3ccc(O)c(O)c3)oc2c(C#N)c1C. The van der Waals surface area contributed by atoms with Crippen molar-refractivity contribution >= 4 is 11.0 Å². The molecule has 0 aliphatic carbocycles. The van der Waals surface area contributed by atoms with Gasteiger partial charge in [-0.2, -0.15) is 5.26 Å². The summed E-state index contributed by atoms with van der Waals surface area (Å²) in [6.07, 6.45) is 0. The predicted octanol–water partition coefficient (Wildman–Crippen LogP) is 3.07. The van der Waals surface area contributed by atoms with E-state index in [0.717, 1.165) is 11.6 Å². The molecule has 3 rings (SSSR count). The number of hydrogen-bond acceptors (Lipinski definition) is 6. The van der Waals surface area contributed by atoms with Crippen molar-refractivity contribution in [2.45, 2.75) is 13.8 Å². The molecule has 0 unspecified atom stereocenters. The van der Waals surface area contributed by atoms with Gasteiger partial charge >= 0.3 is 0 Å². The molecule has 0 aliphatic rings. The van der Waals surface area contributed by atoms with Gasteiger partial charge in [0.25, 0.3) is 0 Å². The number of aromatic hydroxyl groups is 3. The van der Waals surface area contributed by atoms with Gasteiger partial charge in [0.1, 0.15) is 6.07 Å². The van der Waals surface area contributed by atoms with Crippen LogP contribution in [0.5, 0.6) is 17.2 Å². The summed E-state index contributed by atoms with van der Waals surface area (Å²) in [4.78, 5) is 12.5. The number of nitrogens with zero attached hydrogens (tertiary/aromatic N) is 1. The van der Waals surface area contributed by atoms with E-state index >= 15 is 0 Å². The third-order valence-electron chi connectivity index (χ3n) is 4.03. The lowest BCUT2D eigenvalue weighted by atomic mass is 9.99. The van der Waals surface area contributed by atoms with Gasteiger partial charge in [-0.1, -0.05) is 0 Å². The summed E-state index contributed by atoms with van der Waals surface area (Å²) in [7, 11) is 0. The van der Waals surface area contributed by atoms with Crippen LogP contribution in [-0.4, -0.2) is 15.3 Å². The molecule has 6 heteroatoms.